The maximum Gasteiger partial charge on any atom is 0.292 e. The fourth-order valence-corrected chi connectivity index (χ4v) is 4.27. The molecule has 2 heterocycles. The van der Waals surface area contributed by atoms with Gasteiger partial charge >= 0.3 is 0 Å². The average Bonchev–Trinajstić information content (AvgIpc) is 2.97. The van der Waals surface area contributed by atoms with Crippen LogP contribution in [0.15, 0.2) is 64.1 Å². The number of benzene rings is 2. The molecule has 23 heavy (non-hydrogen) atoms. The van der Waals surface area contributed by atoms with Crippen LogP contribution >= 0.6 is 11.6 Å². The number of amidine groups is 1. The molecule has 2 aromatic carbocycles. The molecule has 0 saturated carbocycles. The van der Waals surface area contributed by atoms with Gasteiger partial charge in [-0.3, -0.25) is 4.79 Å². The molecule has 0 fully saturated rings. The molecular formula is C16H9ClN2O3S. The second-order valence-electron chi connectivity index (χ2n) is 5.09. The maximum absolute atomic E-state index is 12.5. The number of carbonyl (C=O) groups excluding carboxylic acids is 1. The van der Waals surface area contributed by atoms with Gasteiger partial charge in [-0.2, -0.15) is 4.31 Å². The lowest BCUT2D eigenvalue weighted by atomic mass is 10.2. The molecule has 0 spiro atoms. The van der Waals surface area contributed by atoms with Crippen LogP contribution in [0.25, 0.3) is 6.08 Å². The number of hydrogen-bond acceptors (Lipinski definition) is 4. The number of aliphatic imine (C=N–C) groups is 1. The van der Waals surface area contributed by atoms with E-state index >= 15 is 0 Å². The smallest absolute Gasteiger partial charge is 0.266 e. The van der Waals surface area contributed by atoms with Crippen molar-refractivity contribution in [2.75, 3.05) is 0 Å². The summed E-state index contributed by atoms with van der Waals surface area (Å²) in [5.41, 5.74) is 1.25. The van der Waals surface area contributed by atoms with Crippen LogP contribution in [0.5, 0.6) is 0 Å². The van der Waals surface area contributed by atoms with Crippen LogP contribution in [0.2, 0.25) is 5.02 Å². The maximum atomic E-state index is 12.5. The van der Waals surface area contributed by atoms with E-state index in [4.69, 9.17) is 11.6 Å². The minimum absolute atomic E-state index is 0.0837. The number of fused-ring (bicyclic) bond motifs is 3. The monoisotopic (exact) mass is 344 g/mol. The highest BCUT2D eigenvalue weighted by atomic mass is 35.5. The molecule has 2 aliphatic rings. The fraction of sp³-hybridized carbons (Fsp3) is 0. The van der Waals surface area contributed by atoms with E-state index in [0.717, 1.165) is 4.31 Å². The van der Waals surface area contributed by atoms with Gasteiger partial charge in [0.1, 0.15) is 5.70 Å². The van der Waals surface area contributed by atoms with Gasteiger partial charge in [0, 0.05) is 10.6 Å². The molecular weight excluding hydrogens is 336 g/mol. The Labute approximate surface area is 137 Å². The van der Waals surface area contributed by atoms with Crippen molar-refractivity contribution in [1.29, 1.82) is 0 Å². The molecule has 0 aromatic heterocycles. The Balaban J connectivity index is 1.86. The van der Waals surface area contributed by atoms with Gasteiger partial charge in [-0.05, 0) is 35.9 Å². The lowest BCUT2D eigenvalue weighted by Crippen LogP contribution is -2.32. The highest BCUT2D eigenvalue weighted by molar-refractivity contribution is 7.91. The Morgan fingerprint density at radius 2 is 1.74 bits per heavy atom. The van der Waals surface area contributed by atoms with Crippen molar-refractivity contribution in [3.63, 3.8) is 0 Å². The Kier molecular flexibility index (Phi) is 2.94. The van der Waals surface area contributed by atoms with Gasteiger partial charge in [-0.15, -0.1) is 0 Å². The molecule has 0 aliphatic carbocycles. The average molecular weight is 345 g/mol. The molecule has 0 N–H and O–H groups in total. The summed E-state index contributed by atoms with van der Waals surface area (Å²) in [6, 6.07) is 13.3. The molecule has 1 amide bonds. The molecule has 7 heteroatoms. The fourth-order valence-electron chi connectivity index (χ4n) is 2.59. The largest absolute Gasteiger partial charge is 0.292 e. The zero-order valence-electron chi connectivity index (χ0n) is 11.6. The van der Waals surface area contributed by atoms with E-state index in [1.807, 2.05) is 0 Å². The number of carbonyl (C=O) groups is 1. The summed E-state index contributed by atoms with van der Waals surface area (Å²) < 4.78 is 25.8. The van der Waals surface area contributed by atoms with Gasteiger partial charge in [-0.25, -0.2) is 13.4 Å². The second kappa shape index (κ2) is 4.78. The normalized spacial score (nSPS) is 19.7. The van der Waals surface area contributed by atoms with Crippen LogP contribution in [-0.4, -0.2) is 24.5 Å². The topological polar surface area (TPSA) is 66.8 Å². The third kappa shape index (κ3) is 2.03. The lowest BCUT2D eigenvalue weighted by molar-refractivity contribution is -0.119. The third-order valence-electron chi connectivity index (χ3n) is 3.64. The van der Waals surface area contributed by atoms with E-state index in [-0.39, 0.29) is 16.4 Å². The van der Waals surface area contributed by atoms with Crippen LogP contribution in [0.3, 0.4) is 0 Å². The van der Waals surface area contributed by atoms with Crippen molar-refractivity contribution in [3.8, 4) is 0 Å². The molecule has 0 atom stereocenters. The number of sulfonamides is 1. The van der Waals surface area contributed by atoms with E-state index in [1.165, 1.54) is 6.07 Å². The summed E-state index contributed by atoms with van der Waals surface area (Å²) in [7, 11) is -3.87. The predicted octanol–water partition coefficient (Wildman–Crippen LogP) is 2.67. The number of nitrogens with zero attached hydrogens (tertiary/aromatic N) is 2. The summed E-state index contributed by atoms with van der Waals surface area (Å²) >= 11 is 5.83. The van der Waals surface area contributed by atoms with Crippen molar-refractivity contribution in [2.24, 2.45) is 4.99 Å². The van der Waals surface area contributed by atoms with Gasteiger partial charge < -0.3 is 0 Å². The Bertz CT molecular complexity index is 1010. The zero-order chi connectivity index (χ0) is 16.2. The summed E-state index contributed by atoms with van der Waals surface area (Å²) in [6.07, 6.45) is 1.54. The van der Waals surface area contributed by atoms with Gasteiger partial charge in [0.05, 0.1) is 4.90 Å². The van der Waals surface area contributed by atoms with Gasteiger partial charge in [-0.1, -0.05) is 35.9 Å². The van der Waals surface area contributed by atoms with Crippen LogP contribution in [0.1, 0.15) is 11.1 Å². The Hall–Kier alpha value is -2.44. The SMILES string of the molecule is O=C1C(=Cc2ccc(Cl)cc2)N=C2c3ccccc3S(=O)(=O)N12. The minimum atomic E-state index is -3.87. The molecule has 5 nitrogen and oxygen atoms in total. The second-order valence-corrected chi connectivity index (χ2v) is 7.28. The van der Waals surface area contributed by atoms with Crippen LogP contribution < -0.4 is 0 Å². The van der Waals surface area contributed by atoms with Crippen molar-refractivity contribution in [3.05, 3.63) is 70.4 Å². The lowest BCUT2D eigenvalue weighted by Gasteiger charge is -2.08. The molecule has 0 radical (unpaired) electrons. The van der Waals surface area contributed by atoms with Gasteiger partial charge in [0.15, 0.2) is 5.84 Å². The minimum Gasteiger partial charge on any atom is -0.266 e. The summed E-state index contributed by atoms with van der Waals surface area (Å²) in [5.74, 6) is -0.489. The van der Waals surface area contributed by atoms with E-state index in [0.29, 0.717) is 16.1 Å². The summed E-state index contributed by atoms with van der Waals surface area (Å²) in [6.45, 7) is 0. The van der Waals surface area contributed by atoms with Crippen LogP contribution in [-0.2, 0) is 14.8 Å². The Morgan fingerprint density at radius 1 is 1.04 bits per heavy atom. The highest BCUT2D eigenvalue weighted by Crippen LogP contribution is 2.36. The molecule has 2 aliphatic heterocycles. The molecule has 0 bridgehead atoms. The first-order chi connectivity index (χ1) is 11.0. The van der Waals surface area contributed by atoms with E-state index in [9.17, 15) is 13.2 Å². The zero-order valence-corrected chi connectivity index (χ0v) is 13.2. The molecule has 114 valence electrons. The van der Waals surface area contributed by atoms with Gasteiger partial charge in [0.25, 0.3) is 15.9 Å². The van der Waals surface area contributed by atoms with Crippen molar-refractivity contribution >= 4 is 39.4 Å². The number of rotatable bonds is 1. The van der Waals surface area contributed by atoms with E-state index in [2.05, 4.69) is 4.99 Å². The molecule has 4 rings (SSSR count). The van der Waals surface area contributed by atoms with E-state index < -0.39 is 15.9 Å². The number of amides is 1. The quantitative estimate of drug-likeness (QED) is 0.747. The highest BCUT2D eigenvalue weighted by Gasteiger charge is 2.48. The van der Waals surface area contributed by atoms with Gasteiger partial charge in [0.2, 0.25) is 0 Å². The van der Waals surface area contributed by atoms with E-state index in [1.54, 1.807) is 48.5 Å². The first-order valence-electron chi connectivity index (χ1n) is 6.73. The van der Waals surface area contributed by atoms with Crippen molar-refractivity contribution < 1.29 is 13.2 Å². The molecule has 0 unspecified atom stereocenters. The summed E-state index contributed by atoms with van der Waals surface area (Å²) in [4.78, 5) is 16.8. The third-order valence-corrected chi connectivity index (χ3v) is 5.63. The Morgan fingerprint density at radius 3 is 2.48 bits per heavy atom. The van der Waals surface area contributed by atoms with Crippen molar-refractivity contribution in [2.45, 2.75) is 4.90 Å². The molecule has 0 saturated heterocycles. The number of hydrogen-bond donors (Lipinski definition) is 0. The standard InChI is InChI=1S/C16H9ClN2O3S/c17-11-7-5-10(6-8-11)9-13-16(20)19-15(18-13)12-3-1-2-4-14(12)23(19,21)22/h1-9H. The predicted molar refractivity (Wildman–Crippen MR) is 86.4 cm³/mol. The molecule has 2 aromatic rings. The number of halogens is 1. The van der Waals surface area contributed by atoms with Crippen molar-refractivity contribution in [1.82, 2.24) is 4.31 Å². The first-order valence-corrected chi connectivity index (χ1v) is 8.55. The first kappa shape index (κ1) is 14.2. The summed E-state index contributed by atoms with van der Waals surface area (Å²) in [5, 5.41) is 0.577. The van der Waals surface area contributed by atoms with Crippen LogP contribution in [0.4, 0.5) is 0 Å². The van der Waals surface area contributed by atoms with Crippen LogP contribution in [0, 0.1) is 0 Å².